The number of carboxylic acids is 1. The van der Waals surface area contributed by atoms with Crippen LogP contribution in [0.1, 0.15) is 28.7 Å². The van der Waals surface area contributed by atoms with Gasteiger partial charge < -0.3 is 10.4 Å². The molecule has 1 aliphatic carbocycles. The van der Waals surface area contributed by atoms with Crippen LogP contribution in [-0.2, 0) is 16.8 Å². The van der Waals surface area contributed by atoms with Gasteiger partial charge in [-0.15, -0.1) is 0 Å². The van der Waals surface area contributed by atoms with E-state index in [0.717, 1.165) is 34.4 Å². The standard InChI is InChI=1S/C18H19NO2/c1-12-7-8-14-9-10-18(17(20)21,15(14)11-12)19-16-6-4-3-5-13(16)2/h3-8,11,19H,9-10H2,1-2H3,(H,20,21). The van der Waals surface area contributed by atoms with Gasteiger partial charge in [-0.25, -0.2) is 4.79 Å². The number of hydrogen-bond acceptors (Lipinski definition) is 2. The third kappa shape index (κ3) is 2.19. The summed E-state index contributed by atoms with van der Waals surface area (Å²) in [6.45, 7) is 3.99. The van der Waals surface area contributed by atoms with Crippen molar-refractivity contribution in [2.24, 2.45) is 0 Å². The zero-order chi connectivity index (χ0) is 15.0. The van der Waals surface area contributed by atoms with E-state index in [1.54, 1.807) is 0 Å². The minimum Gasteiger partial charge on any atom is -0.479 e. The third-order valence-corrected chi connectivity index (χ3v) is 4.35. The van der Waals surface area contributed by atoms with Crippen molar-refractivity contribution in [2.75, 3.05) is 5.32 Å². The van der Waals surface area contributed by atoms with Crippen LogP contribution in [-0.4, -0.2) is 11.1 Å². The Morgan fingerprint density at radius 3 is 2.67 bits per heavy atom. The highest BCUT2D eigenvalue weighted by Crippen LogP contribution is 2.41. The molecule has 0 saturated carbocycles. The zero-order valence-electron chi connectivity index (χ0n) is 12.3. The van der Waals surface area contributed by atoms with Crippen LogP contribution < -0.4 is 5.32 Å². The minimum atomic E-state index is -1.02. The predicted molar refractivity (Wildman–Crippen MR) is 83.6 cm³/mol. The Labute approximate surface area is 124 Å². The molecule has 0 fully saturated rings. The average Bonchev–Trinajstić information content (AvgIpc) is 2.81. The van der Waals surface area contributed by atoms with E-state index in [1.165, 1.54) is 0 Å². The molecule has 0 aromatic heterocycles. The first-order chi connectivity index (χ1) is 10.0. The second kappa shape index (κ2) is 4.92. The van der Waals surface area contributed by atoms with Crippen LogP contribution in [0.15, 0.2) is 42.5 Å². The third-order valence-electron chi connectivity index (χ3n) is 4.35. The Morgan fingerprint density at radius 1 is 1.19 bits per heavy atom. The monoisotopic (exact) mass is 281 g/mol. The van der Waals surface area contributed by atoms with Crippen LogP contribution in [0, 0.1) is 13.8 Å². The van der Waals surface area contributed by atoms with E-state index in [1.807, 2.05) is 50.2 Å². The number of hydrogen-bond donors (Lipinski definition) is 2. The number of carboxylic acid groups (broad SMARTS) is 1. The van der Waals surface area contributed by atoms with E-state index in [-0.39, 0.29) is 0 Å². The molecule has 21 heavy (non-hydrogen) atoms. The largest absolute Gasteiger partial charge is 0.479 e. The lowest BCUT2D eigenvalue weighted by Gasteiger charge is -2.29. The van der Waals surface area contributed by atoms with Gasteiger partial charge in [0.25, 0.3) is 0 Å². The molecular weight excluding hydrogens is 262 g/mol. The molecule has 0 aliphatic heterocycles. The predicted octanol–water partition coefficient (Wildman–Crippen LogP) is 3.64. The Bertz CT molecular complexity index is 708. The Hall–Kier alpha value is -2.29. The maximum atomic E-state index is 12.1. The summed E-state index contributed by atoms with van der Waals surface area (Å²) < 4.78 is 0. The number of aliphatic carboxylic acids is 1. The molecular formula is C18H19NO2. The first-order valence-electron chi connectivity index (χ1n) is 7.20. The topological polar surface area (TPSA) is 49.3 Å². The SMILES string of the molecule is Cc1ccc2c(c1)C(Nc1ccccc1C)(C(=O)O)CC2. The number of aryl methyl sites for hydroxylation is 3. The molecule has 3 nitrogen and oxygen atoms in total. The highest BCUT2D eigenvalue weighted by Gasteiger charge is 2.45. The minimum absolute atomic E-state index is 0.579. The highest BCUT2D eigenvalue weighted by atomic mass is 16.4. The maximum absolute atomic E-state index is 12.1. The van der Waals surface area contributed by atoms with Crippen molar-refractivity contribution in [1.29, 1.82) is 0 Å². The summed E-state index contributed by atoms with van der Waals surface area (Å²) in [6.07, 6.45) is 1.37. The molecule has 2 aromatic rings. The lowest BCUT2D eigenvalue weighted by molar-refractivity contribution is -0.142. The molecule has 3 heteroatoms. The fourth-order valence-electron chi connectivity index (χ4n) is 3.11. The van der Waals surface area contributed by atoms with Crippen molar-refractivity contribution < 1.29 is 9.90 Å². The molecule has 108 valence electrons. The van der Waals surface area contributed by atoms with Gasteiger partial charge in [0, 0.05) is 5.69 Å². The molecule has 0 spiro atoms. The van der Waals surface area contributed by atoms with Gasteiger partial charge in [-0.3, -0.25) is 0 Å². The van der Waals surface area contributed by atoms with Crippen LogP contribution >= 0.6 is 0 Å². The van der Waals surface area contributed by atoms with Gasteiger partial charge >= 0.3 is 5.97 Å². The van der Waals surface area contributed by atoms with Gasteiger partial charge in [-0.1, -0.05) is 42.0 Å². The van der Waals surface area contributed by atoms with Crippen LogP contribution in [0.2, 0.25) is 0 Å². The van der Waals surface area contributed by atoms with Gasteiger partial charge in [-0.2, -0.15) is 0 Å². The van der Waals surface area contributed by atoms with Gasteiger partial charge in [0.15, 0.2) is 5.54 Å². The molecule has 1 unspecified atom stereocenters. The Balaban J connectivity index is 2.10. The zero-order valence-corrected chi connectivity index (χ0v) is 12.3. The number of carbonyl (C=O) groups is 1. The molecule has 3 rings (SSSR count). The molecule has 0 bridgehead atoms. The highest BCUT2D eigenvalue weighted by molar-refractivity contribution is 5.86. The number of rotatable bonds is 3. The van der Waals surface area contributed by atoms with Crippen LogP contribution in [0.3, 0.4) is 0 Å². The van der Waals surface area contributed by atoms with E-state index < -0.39 is 11.5 Å². The summed E-state index contributed by atoms with van der Waals surface area (Å²) in [5.41, 5.74) is 4.04. The maximum Gasteiger partial charge on any atom is 0.334 e. The van der Waals surface area contributed by atoms with Gasteiger partial charge in [0.05, 0.1) is 0 Å². The number of fused-ring (bicyclic) bond motifs is 1. The number of nitrogens with one attached hydrogen (secondary N) is 1. The first kappa shape index (κ1) is 13.7. The van der Waals surface area contributed by atoms with Gasteiger partial charge in [0.1, 0.15) is 0 Å². The quantitative estimate of drug-likeness (QED) is 0.903. The summed E-state index contributed by atoms with van der Waals surface area (Å²) in [4.78, 5) is 12.1. The van der Waals surface area contributed by atoms with Crippen molar-refractivity contribution in [2.45, 2.75) is 32.2 Å². The van der Waals surface area contributed by atoms with Crippen LogP contribution in [0.25, 0.3) is 0 Å². The van der Waals surface area contributed by atoms with E-state index in [0.29, 0.717) is 6.42 Å². The molecule has 0 radical (unpaired) electrons. The van der Waals surface area contributed by atoms with E-state index in [2.05, 4.69) is 11.4 Å². The molecule has 2 N–H and O–H groups in total. The van der Waals surface area contributed by atoms with Crippen molar-refractivity contribution in [3.8, 4) is 0 Å². The second-order valence-electron chi connectivity index (χ2n) is 5.81. The van der Waals surface area contributed by atoms with E-state index >= 15 is 0 Å². The van der Waals surface area contributed by atoms with Crippen molar-refractivity contribution >= 4 is 11.7 Å². The lowest BCUT2D eigenvalue weighted by Crippen LogP contribution is -2.41. The Morgan fingerprint density at radius 2 is 1.95 bits per heavy atom. The number of benzene rings is 2. The normalized spacial score (nSPS) is 20.1. The molecule has 0 amide bonds. The van der Waals surface area contributed by atoms with Crippen molar-refractivity contribution in [3.63, 3.8) is 0 Å². The smallest absolute Gasteiger partial charge is 0.334 e. The summed E-state index contributed by atoms with van der Waals surface area (Å²) in [5, 5.41) is 13.2. The van der Waals surface area contributed by atoms with Crippen LogP contribution in [0.5, 0.6) is 0 Å². The van der Waals surface area contributed by atoms with Gasteiger partial charge in [-0.05, 0) is 49.4 Å². The number of para-hydroxylation sites is 1. The Kier molecular flexibility index (Phi) is 3.20. The molecule has 0 saturated heterocycles. The summed E-state index contributed by atoms with van der Waals surface area (Å²) in [6, 6.07) is 13.9. The lowest BCUT2D eigenvalue weighted by atomic mass is 9.90. The van der Waals surface area contributed by atoms with E-state index in [9.17, 15) is 9.90 Å². The van der Waals surface area contributed by atoms with Gasteiger partial charge in [0.2, 0.25) is 0 Å². The molecule has 1 atom stereocenters. The fraction of sp³-hybridized carbons (Fsp3) is 0.278. The average molecular weight is 281 g/mol. The molecule has 1 aliphatic rings. The van der Waals surface area contributed by atoms with E-state index in [4.69, 9.17) is 0 Å². The number of anilines is 1. The van der Waals surface area contributed by atoms with Crippen LogP contribution in [0.4, 0.5) is 5.69 Å². The fourth-order valence-corrected chi connectivity index (χ4v) is 3.11. The summed E-state index contributed by atoms with van der Waals surface area (Å²) >= 11 is 0. The molecule has 0 heterocycles. The summed E-state index contributed by atoms with van der Waals surface area (Å²) in [7, 11) is 0. The second-order valence-corrected chi connectivity index (χ2v) is 5.81. The first-order valence-corrected chi connectivity index (χ1v) is 7.20. The van der Waals surface area contributed by atoms with Crippen molar-refractivity contribution in [1.82, 2.24) is 0 Å². The molecule has 2 aromatic carbocycles. The van der Waals surface area contributed by atoms with Crippen molar-refractivity contribution in [3.05, 3.63) is 64.7 Å². The summed E-state index contributed by atoms with van der Waals surface area (Å²) in [5.74, 6) is -0.810.